The van der Waals surface area contributed by atoms with Crippen LogP contribution in [0, 0.1) is 0 Å². The normalized spacial score (nSPS) is 12.7. The third kappa shape index (κ3) is 6.01. The lowest BCUT2D eigenvalue weighted by Crippen LogP contribution is -2.21. The van der Waals surface area contributed by atoms with Crippen LogP contribution in [0.1, 0.15) is 0 Å². The van der Waals surface area contributed by atoms with E-state index in [0.29, 0.717) is 46.2 Å². The Labute approximate surface area is 200 Å². The molecule has 0 saturated carbocycles. The molecule has 2 N–H and O–H groups in total. The minimum Gasteiger partial charge on any atom is -0.486 e. The van der Waals surface area contributed by atoms with Gasteiger partial charge in [0.1, 0.15) is 19.0 Å². The van der Waals surface area contributed by atoms with Crippen molar-refractivity contribution in [3.05, 3.63) is 70.7 Å². The molecule has 11 heteroatoms. The van der Waals surface area contributed by atoms with Crippen LogP contribution in [0.15, 0.2) is 65.6 Å². The van der Waals surface area contributed by atoms with Gasteiger partial charge in [0.15, 0.2) is 18.1 Å². The average molecular weight is 509 g/mol. The van der Waals surface area contributed by atoms with E-state index in [1.54, 1.807) is 18.2 Å². The SMILES string of the molecule is O=C(COc1ccc(S(=O)(=O)Nc2cc(Cl)cc(Cl)c2)cc1)Nc1ccc2c(c1)OCCO2. The van der Waals surface area contributed by atoms with E-state index in [1.165, 1.54) is 42.5 Å². The molecule has 1 aliphatic heterocycles. The summed E-state index contributed by atoms with van der Waals surface area (Å²) in [5.74, 6) is 1.13. The monoisotopic (exact) mass is 508 g/mol. The maximum absolute atomic E-state index is 12.6. The first-order valence-electron chi connectivity index (χ1n) is 9.70. The van der Waals surface area contributed by atoms with Gasteiger partial charge in [-0.05, 0) is 54.6 Å². The molecule has 1 heterocycles. The number of ether oxygens (including phenoxy) is 3. The Morgan fingerprint density at radius 1 is 0.879 bits per heavy atom. The molecule has 3 aromatic rings. The second kappa shape index (κ2) is 9.78. The average Bonchev–Trinajstić information content (AvgIpc) is 2.77. The van der Waals surface area contributed by atoms with Crippen molar-refractivity contribution in [3.63, 3.8) is 0 Å². The van der Waals surface area contributed by atoms with Gasteiger partial charge in [0.2, 0.25) is 0 Å². The molecule has 1 amide bonds. The molecule has 0 saturated heterocycles. The minimum atomic E-state index is -3.87. The number of rotatable bonds is 7. The van der Waals surface area contributed by atoms with Crippen LogP contribution in [0.2, 0.25) is 10.0 Å². The topological polar surface area (TPSA) is 103 Å². The molecular weight excluding hydrogens is 491 g/mol. The number of hydrogen-bond acceptors (Lipinski definition) is 6. The van der Waals surface area contributed by atoms with E-state index in [1.807, 2.05) is 0 Å². The highest BCUT2D eigenvalue weighted by molar-refractivity contribution is 7.92. The molecule has 0 fully saturated rings. The highest BCUT2D eigenvalue weighted by Gasteiger charge is 2.16. The zero-order chi connectivity index (χ0) is 23.4. The van der Waals surface area contributed by atoms with Crippen molar-refractivity contribution in [1.82, 2.24) is 0 Å². The second-order valence-electron chi connectivity index (χ2n) is 6.93. The predicted octanol–water partition coefficient (Wildman–Crippen LogP) is 4.58. The van der Waals surface area contributed by atoms with Gasteiger partial charge < -0.3 is 19.5 Å². The van der Waals surface area contributed by atoms with Crippen molar-refractivity contribution in [3.8, 4) is 17.2 Å². The molecule has 0 aliphatic carbocycles. The van der Waals surface area contributed by atoms with Crippen LogP contribution < -0.4 is 24.2 Å². The van der Waals surface area contributed by atoms with E-state index in [-0.39, 0.29) is 23.1 Å². The van der Waals surface area contributed by atoms with Crippen molar-refractivity contribution < 1.29 is 27.4 Å². The lowest BCUT2D eigenvalue weighted by atomic mass is 10.2. The van der Waals surface area contributed by atoms with E-state index >= 15 is 0 Å². The Balaban J connectivity index is 1.34. The summed E-state index contributed by atoms with van der Waals surface area (Å²) in [4.78, 5) is 12.2. The molecule has 0 aromatic heterocycles. The lowest BCUT2D eigenvalue weighted by molar-refractivity contribution is -0.118. The Hall–Kier alpha value is -3.14. The van der Waals surface area contributed by atoms with Crippen molar-refractivity contribution in [2.45, 2.75) is 4.90 Å². The predicted molar refractivity (Wildman–Crippen MR) is 125 cm³/mol. The fourth-order valence-corrected chi connectivity index (χ4v) is 4.58. The van der Waals surface area contributed by atoms with Crippen molar-refractivity contribution in [2.24, 2.45) is 0 Å². The molecule has 0 atom stereocenters. The summed E-state index contributed by atoms with van der Waals surface area (Å²) in [5, 5.41) is 3.32. The van der Waals surface area contributed by atoms with Gasteiger partial charge in [0.25, 0.3) is 15.9 Å². The Kier molecular flexibility index (Phi) is 6.83. The van der Waals surface area contributed by atoms with Crippen molar-refractivity contribution in [1.29, 1.82) is 0 Å². The molecule has 0 bridgehead atoms. The van der Waals surface area contributed by atoms with E-state index in [0.717, 1.165) is 0 Å². The van der Waals surface area contributed by atoms with E-state index < -0.39 is 10.0 Å². The number of halogens is 2. The molecule has 1 aliphatic rings. The van der Waals surface area contributed by atoms with Crippen LogP contribution >= 0.6 is 23.2 Å². The number of amides is 1. The number of benzene rings is 3. The molecule has 0 radical (unpaired) electrons. The maximum Gasteiger partial charge on any atom is 0.262 e. The zero-order valence-corrected chi connectivity index (χ0v) is 19.3. The van der Waals surface area contributed by atoms with Gasteiger partial charge in [-0.2, -0.15) is 0 Å². The lowest BCUT2D eigenvalue weighted by Gasteiger charge is -2.19. The van der Waals surface area contributed by atoms with E-state index in [4.69, 9.17) is 37.4 Å². The first-order chi connectivity index (χ1) is 15.8. The van der Waals surface area contributed by atoms with E-state index in [9.17, 15) is 13.2 Å². The molecule has 0 unspecified atom stereocenters. The van der Waals surface area contributed by atoms with Crippen LogP contribution in [0.3, 0.4) is 0 Å². The first-order valence-corrected chi connectivity index (χ1v) is 11.9. The van der Waals surface area contributed by atoms with Gasteiger partial charge >= 0.3 is 0 Å². The Morgan fingerprint density at radius 2 is 1.55 bits per heavy atom. The van der Waals surface area contributed by atoms with Crippen LogP contribution in [0.25, 0.3) is 0 Å². The van der Waals surface area contributed by atoms with Crippen molar-refractivity contribution >= 4 is 50.5 Å². The Bertz CT molecular complexity index is 1260. The first kappa shape index (κ1) is 23.0. The van der Waals surface area contributed by atoms with Crippen LogP contribution in [0.5, 0.6) is 17.2 Å². The third-order valence-electron chi connectivity index (χ3n) is 4.44. The van der Waals surface area contributed by atoms with E-state index in [2.05, 4.69) is 10.0 Å². The van der Waals surface area contributed by atoms with Crippen LogP contribution in [-0.2, 0) is 14.8 Å². The van der Waals surface area contributed by atoms with Crippen LogP contribution in [0.4, 0.5) is 11.4 Å². The number of fused-ring (bicyclic) bond motifs is 1. The van der Waals surface area contributed by atoms with Gasteiger partial charge in [-0.3, -0.25) is 9.52 Å². The minimum absolute atomic E-state index is 0.00618. The number of carbonyl (C=O) groups is 1. The quantitative estimate of drug-likeness (QED) is 0.484. The Morgan fingerprint density at radius 3 is 2.24 bits per heavy atom. The molecule has 33 heavy (non-hydrogen) atoms. The summed E-state index contributed by atoms with van der Waals surface area (Å²) in [7, 11) is -3.87. The van der Waals surface area contributed by atoms with Gasteiger partial charge in [-0.15, -0.1) is 0 Å². The molecule has 0 spiro atoms. The van der Waals surface area contributed by atoms with Gasteiger partial charge in [-0.25, -0.2) is 8.42 Å². The van der Waals surface area contributed by atoms with Crippen molar-refractivity contribution in [2.75, 3.05) is 29.9 Å². The second-order valence-corrected chi connectivity index (χ2v) is 9.49. The summed E-state index contributed by atoms with van der Waals surface area (Å²) < 4.78 is 44.0. The number of hydrogen-bond donors (Lipinski definition) is 2. The summed E-state index contributed by atoms with van der Waals surface area (Å²) in [6, 6.07) is 15.1. The molecule has 4 rings (SSSR count). The standard InChI is InChI=1S/C22H18Cl2N2O6S/c23-14-9-15(24)11-17(10-14)26-33(28,29)19-4-2-18(3-5-19)32-13-22(27)25-16-1-6-20-21(12-16)31-8-7-30-20/h1-6,9-12,26H,7-8,13H2,(H,25,27). The van der Waals surface area contributed by atoms with Gasteiger partial charge in [0.05, 0.1) is 10.6 Å². The fraction of sp³-hybridized carbons (Fsp3) is 0.136. The number of anilines is 2. The third-order valence-corrected chi connectivity index (χ3v) is 6.28. The molecular formula is C22H18Cl2N2O6S. The summed E-state index contributed by atoms with van der Waals surface area (Å²) in [6.07, 6.45) is 0. The maximum atomic E-state index is 12.6. The summed E-state index contributed by atoms with van der Waals surface area (Å²) >= 11 is 11.8. The molecule has 8 nitrogen and oxygen atoms in total. The van der Waals surface area contributed by atoms with Crippen LogP contribution in [-0.4, -0.2) is 34.1 Å². The summed E-state index contributed by atoms with van der Waals surface area (Å²) in [6.45, 7) is 0.666. The van der Waals surface area contributed by atoms with Gasteiger partial charge in [0, 0.05) is 21.8 Å². The fourth-order valence-electron chi connectivity index (χ4n) is 3.01. The number of nitrogens with one attached hydrogen (secondary N) is 2. The zero-order valence-electron chi connectivity index (χ0n) is 17.0. The molecule has 3 aromatic carbocycles. The summed E-state index contributed by atoms with van der Waals surface area (Å²) in [5.41, 5.74) is 0.783. The van der Waals surface area contributed by atoms with Gasteiger partial charge in [-0.1, -0.05) is 23.2 Å². The molecule has 172 valence electrons. The highest BCUT2D eigenvalue weighted by Crippen LogP contribution is 2.32. The largest absolute Gasteiger partial charge is 0.486 e. The number of carbonyl (C=O) groups excluding carboxylic acids is 1. The number of sulfonamides is 1. The highest BCUT2D eigenvalue weighted by atomic mass is 35.5. The smallest absolute Gasteiger partial charge is 0.262 e.